The third-order valence-corrected chi connectivity index (χ3v) is 7.44. The summed E-state index contributed by atoms with van der Waals surface area (Å²) in [4.78, 5) is 10.5. The van der Waals surface area contributed by atoms with Crippen LogP contribution in [0.3, 0.4) is 0 Å². The maximum absolute atomic E-state index is 10.5. The average molecular weight is 415 g/mol. The van der Waals surface area contributed by atoms with E-state index in [0.29, 0.717) is 18.6 Å². The fourth-order valence-corrected chi connectivity index (χ4v) is 5.84. The van der Waals surface area contributed by atoms with Gasteiger partial charge in [0, 0.05) is 19.6 Å². The topological polar surface area (TPSA) is 55.8 Å². The molecule has 0 aliphatic carbocycles. The van der Waals surface area contributed by atoms with E-state index in [-0.39, 0.29) is 0 Å². The van der Waals surface area contributed by atoms with Crippen molar-refractivity contribution in [2.75, 3.05) is 24.7 Å². The molecular formula is C23H42O4S. The highest BCUT2D eigenvalue weighted by molar-refractivity contribution is 7.99. The zero-order chi connectivity index (χ0) is 20.0. The van der Waals surface area contributed by atoms with E-state index in [1.54, 1.807) is 0 Å². The number of rotatable bonds is 18. The molecule has 2 rings (SSSR count). The van der Waals surface area contributed by atoms with Gasteiger partial charge in [-0.3, -0.25) is 4.79 Å². The Morgan fingerprint density at radius 2 is 1.64 bits per heavy atom. The van der Waals surface area contributed by atoms with Crippen molar-refractivity contribution in [2.24, 2.45) is 11.8 Å². The van der Waals surface area contributed by atoms with Gasteiger partial charge in [-0.05, 0) is 74.7 Å². The first-order valence-electron chi connectivity index (χ1n) is 11.7. The zero-order valence-electron chi connectivity index (χ0n) is 17.9. The lowest BCUT2D eigenvalue weighted by molar-refractivity contribution is -0.137. The summed E-state index contributed by atoms with van der Waals surface area (Å²) < 4.78 is 12.0. The van der Waals surface area contributed by atoms with Crippen molar-refractivity contribution < 1.29 is 19.4 Å². The van der Waals surface area contributed by atoms with Crippen molar-refractivity contribution in [3.8, 4) is 0 Å². The van der Waals surface area contributed by atoms with E-state index in [9.17, 15) is 4.79 Å². The Bertz CT molecular complexity index is 417. The predicted molar refractivity (Wildman–Crippen MR) is 117 cm³/mol. The molecule has 0 aromatic rings. The first-order valence-corrected chi connectivity index (χ1v) is 12.9. The van der Waals surface area contributed by atoms with Crippen molar-refractivity contribution in [1.82, 2.24) is 0 Å². The zero-order valence-corrected chi connectivity index (χ0v) is 18.7. The molecule has 2 aliphatic heterocycles. The van der Waals surface area contributed by atoms with Gasteiger partial charge in [0.1, 0.15) is 0 Å². The molecule has 5 heteroatoms. The molecule has 4 nitrogen and oxygen atoms in total. The first kappa shape index (κ1) is 24.0. The van der Waals surface area contributed by atoms with Gasteiger partial charge in [0.15, 0.2) is 0 Å². The van der Waals surface area contributed by atoms with Crippen molar-refractivity contribution in [3.63, 3.8) is 0 Å². The average Bonchev–Trinajstić information content (AvgIpc) is 3.28. The summed E-state index contributed by atoms with van der Waals surface area (Å²) in [5.74, 6) is 3.13. The Hall–Kier alpha value is -0.260. The van der Waals surface area contributed by atoms with Crippen LogP contribution in [-0.4, -0.2) is 48.0 Å². The molecule has 0 amide bonds. The summed E-state index contributed by atoms with van der Waals surface area (Å²) in [6.45, 7) is 4.10. The molecule has 0 saturated carbocycles. The molecule has 2 fully saturated rings. The van der Waals surface area contributed by atoms with E-state index >= 15 is 0 Å². The van der Waals surface area contributed by atoms with Crippen molar-refractivity contribution in [1.29, 1.82) is 0 Å². The van der Waals surface area contributed by atoms with E-state index in [1.165, 1.54) is 70.0 Å². The van der Waals surface area contributed by atoms with Crippen molar-refractivity contribution in [2.45, 2.75) is 103 Å². The van der Waals surface area contributed by atoms with E-state index in [1.807, 2.05) is 11.8 Å². The molecule has 2 aliphatic rings. The molecule has 164 valence electrons. The van der Waals surface area contributed by atoms with Gasteiger partial charge in [0.25, 0.3) is 0 Å². The minimum absolute atomic E-state index is 0.311. The maximum atomic E-state index is 10.5. The van der Waals surface area contributed by atoms with Crippen LogP contribution in [0.4, 0.5) is 0 Å². The number of hydrogen-bond donors (Lipinski definition) is 1. The molecule has 4 unspecified atom stereocenters. The Morgan fingerprint density at radius 1 is 0.929 bits per heavy atom. The van der Waals surface area contributed by atoms with Gasteiger partial charge in [0.05, 0.1) is 12.2 Å². The van der Waals surface area contributed by atoms with Crippen LogP contribution in [0.1, 0.15) is 90.4 Å². The number of carbonyl (C=O) groups is 1. The smallest absolute Gasteiger partial charge is 0.303 e. The summed E-state index contributed by atoms with van der Waals surface area (Å²) >= 11 is 2.00. The van der Waals surface area contributed by atoms with Gasteiger partial charge in [-0.25, -0.2) is 0 Å². The third kappa shape index (κ3) is 9.04. The SMILES string of the molecule is CCCCCCOCCCCC1C2CCC(O2)C1CCSCCCCC(=O)O. The molecule has 2 heterocycles. The van der Waals surface area contributed by atoms with Crippen LogP contribution < -0.4 is 0 Å². The summed E-state index contributed by atoms with van der Waals surface area (Å²) in [6.07, 6.45) is 15.9. The van der Waals surface area contributed by atoms with Gasteiger partial charge in [0.2, 0.25) is 0 Å². The van der Waals surface area contributed by atoms with Crippen LogP contribution >= 0.6 is 11.8 Å². The van der Waals surface area contributed by atoms with Crippen LogP contribution in [0.2, 0.25) is 0 Å². The lowest BCUT2D eigenvalue weighted by atomic mass is 9.75. The molecule has 0 radical (unpaired) electrons. The number of carboxylic acid groups (broad SMARTS) is 1. The summed E-state index contributed by atoms with van der Waals surface area (Å²) in [5.41, 5.74) is 0. The number of hydrogen-bond acceptors (Lipinski definition) is 4. The summed E-state index contributed by atoms with van der Waals surface area (Å²) in [6, 6.07) is 0. The second kappa shape index (κ2) is 14.7. The lowest BCUT2D eigenvalue weighted by Crippen LogP contribution is -2.27. The van der Waals surface area contributed by atoms with Crippen molar-refractivity contribution in [3.05, 3.63) is 0 Å². The minimum atomic E-state index is -0.672. The fourth-order valence-electron chi connectivity index (χ4n) is 4.79. The van der Waals surface area contributed by atoms with Crippen LogP contribution in [0.25, 0.3) is 0 Å². The van der Waals surface area contributed by atoms with E-state index < -0.39 is 5.97 Å². The van der Waals surface area contributed by atoms with Crippen molar-refractivity contribution >= 4 is 17.7 Å². The maximum Gasteiger partial charge on any atom is 0.303 e. The Morgan fingerprint density at radius 3 is 2.36 bits per heavy atom. The predicted octanol–water partition coefficient (Wildman–Crippen LogP) is 5.93. The van der Waals surface area contributed by atoms with E-state index in [2.05, 4.69) is 6.92 Å². The van der Waals surface area contributed by atoms with E-state index in [4.69, 9.17) is 14.6 Å². The van der Waals surface area contributed by atoms with Gasteiger partial charge in [-0.1, -0.05) is 32.6 Å². The molecular weight excluding hydrogens is 372 g/mol. The molecule has 2 bridgehead atoms. The second-order valence-electron chi connectivity index (χ2n) is 8.54. The molecule has 0 aromatic carbocycles. The molecule has 1 N–H and O–H groups in total. The van der Waals surface area contributed by atoms with Gasteiger partial charge in [-0.2, -0.15) is 11.8 Å². The summed E-state index contributed by atoms with van der Waals surface area (Å²) in [7, 11) is 0. The standard InChI is InChI=1S/C23H42O4S/c1-2-3-4-7-15-26-16-8-5-10-19-20(22-13-12-21(19)27-22)14-18-28-17-9-6-11-23(24)25/h19-22H,2-18H2,1H3,(H,24,25). The first-order chi connectivity index (χ1) is 13.7. The molecule has 28 heavy (non-hydrogen) atoms. The number of thioether (sulfide) groups is 1. The normalized spacial score (nSPS) is 26.2. The fraction of sp³-hybridized carbons (Fsp3) is 0.957. The Balaban J connectivity index is 1.51. The highest BCUT2D eigenvalue weighted by atomic mass is 32.2. The lowest BCUT2D eigenvalue weighted by Gasteiger charge is -2.28. The van der Waals surface area contributed by atoms with Gasteiger partial charge >= 0.3 is 5.97 Å². The van der Waals surface area contributed by atoms with E-state index in [0.717, 1.165) is 43.6 Å². The summed E-state index contributed by atoms with van der Waals surface area (Å²) in [5, 5.41) is 8.68. The molecule has 2 saturated heterocycles. The van der Waals surface area contributed by atoms with Crippen LogP contribution in [0, 0.1) is 11.8 Å². The highest BCUT2D eigenvalue weighted by Crippen LogP contribution is 2.47. The second-order valence-corrected chi connectivity index (χ2v) is 9.76. The number of carboxylic acids is 1. The minimum Gasteiger partial charge on any atom is -0.481 e. The number of aliphatic carboxylic acids is 1. The Kier molecular flexibility index (Phi) is 12.6. The monoisotopic (exact) mass is 414 g/mol. The highest BCUT2D eigenvalue weighted by Gasteiger charge is 2.47. The van der Waals surface area contributed by atoms with Crippen LogP contribution in [0.5, 0.6) is 0 Å². The largest absolute Gasteiger partial charge is 0.481 e. The number of ether oxygens (including phenoxy) is 2. The Labute approximate surface area is 176 Å². The molecule has 0 spiro atoms. The number of unbranched alkanes of at least 4 members (excludes halogenated alkanes) is 5. The van der Waals surface area contributed by atoms with Gasteiger partial charge < -0.3 is 14.6 Å². The third-order valence-electron chi connectivity index (χ3n) is 6.33. The van der Waals surface area contributed by atoms with Gasteiger partial charge in [-0.15, -0.1) is 0 Å². The quantitative estimate of drug-likeness (QED) is 0.282. The van der Waals surface area contributed by atoms with Crippen LogP contribution in [0.15, 0.2) is 0 Å². The molecule has 0 aromatic heterocycles. The molecule has 4 atom stereocenters. The number of fused-ring (bicyclic) bond motifs is 2. The van der Waals surface area contributed by atoms with Crippen LogP contribution in [-0.2, 0) is 14.3 Å².